The summed E-state index contributed by atoms with van der Waals surface area (Å²) in [5.41, 5.74) is 3.63. The first kappa shape index (κ1) is 22.0. The zero-order valence-electron chi connectivity index (χ0n) is 18.8. The molecule has 0 spiro atoms. The Morgan fingerprint density at radius 1 is 1.10 bits per heavy atom. The molecule has 4 rings (SSSR count). The SMILES string of the molecule is C=C1C(=CC=C2CCC[C@]3(C)[C@@H]([C@H](C)/C=C/[C@H](O)C4CC4)CC[C@@H]23)C[C@@H](O)C[C@@H]1O. The average Bonchev–Trinajstić information content (AvgIpc) is 3.49. The highest BCUT2D eigenvalue weighted by molar-refractivity contribution is 5.38. The van der Waals surface area contributed by atoms with Gasteiger partial charge in [-0.05, 0) is 91.6 Å². The fourth-order valence-corrected chi connectivity index (χ4v) is 6.63. The van der Waals surface area contributed by atoms with Gasteiger partial charge in [0, 0.05) is 6.42 Å². The molecule has 30 heavy (non-hydrogen) atoms. The predicted molar refractivity (Wildman–Crippen MR) is 122 cm³/mol. The molecule has 4 saturated carbocycles. The first-order valence-electron chi connectivity index (χ1n) is 12.1. The molecule has 0 bridgehead atoms. The lowest BCUT2D eigenvalue weighted by molar-refractivity contribution is 0.0862. The van der Waals surface area contributed by atoms with E-state index in [0.29, 0.717) is 41.9 Å². The lowest BCUT2D eigenvalue weighted by Crippen LogP contribution is -2.35. The van der Waals surface area contributed by atoms with Gasteiger partial charge in [-0.15, -0.1) is 0 Å². The van der Waals surface area contributed by atoms with Gasteiger partial charge in [0.15, 0.2) is 0 Å². The van der Waals surface area contributed by atoms with Crippen LogP contribution in [0.3, 0.4) is 0 Å². The smallest absolute Gasteiger partial charge is 0.0811 e. The highest BCUT2D eigenvalue weighted by Crippen LogP contribution is 2.59. The molecule has 0 aromatic carbocycles. The minimum atomic E-state index is -0.621. The largest absolute Gasteiger partial charge is 0.393 e. The van der Waals surface area contributed by atoms with Gasteiger partial charge in [0.1, 0.15) is 0 Å². The van der Waals surface area contributed by atoms with Crippen LogP contribution in [0.1, 0.15) is 71.6 Å². The van der Waals surface area contributed by atoms with Crippen LogP contribution in [0.2, 0.25) is 0 Å². The topological polar surface area (TPSA) is 60.7 Å². The molecule has 0 amide bonds. The van der Waals surface area contributed by atoms with Crippen LogP contribution >= 0.6 is 0 Å². The normalized spacial score (nSPS) is 42.1. The van der Waals surface area contributed by atoms with Gasteiger partial charge in [-0.1, -0.05) is 50.3 Å². The van der Waals surface area contributed by atoms with Gasteiger partial charge in [-0.3, -0.25) is 0 Å². The monoisotopic (exact) mass is 412 g/mol. The zero-order valence-corrected chi connectivity index (χ0v) is 18.8. The number of hydrogen-bond donors (Lipinski definition) is 3. The first-order chi connectivity index (χ1) is 14.3. The quantitative estimate of drug-likeness (QED) is 0.551. The van der Waals surface area contributed by atoms with Crippen molar-refractivity contribution in [2.45, 2.75) is 89.9 Å². The second-order valence-corrected chi connectivity index (χ2v) is 10.7. The van der Waals surface area contributed by atoms with Crippen molar-refractivity contribution in [1.82, 2.24) is 0 Å². The molecule has 0 aliphatic heterocycles. The van der Waals surface area contributed by atoms with Crippen molar-refractivity contribution in [3.63, 3.8) is 0 Å². The third kappa shape index (κ3) is 4.40. The van der Waals surface area contributed by atoms with Crippen LogP contribution in [0, 0.1) is 29.1 Å². The number of fused-ring (bicyclic) bond motifs is 1. The molecular formula is C27H40O3. The van der Waals surface area contributed by atoms with Crippen LogP contribution in [-0.4, -0.2) is 33.6 Å². The van der Waals surface area contributed by atoms with Crippen molar-refractivity contribution >= 4 is 0 Å². The summed E-state index contributed by atoms with van der Waals surface area (Å²) in [4.78, 5) is 0. The van der Waals surface area contributed by atoms with Gasteiger partial charge in [0.25, 0.3) is 0 Å². The van der Waals surface area contributed by atoms with Gasteiger partial charge in [0.2, 0.25) is 0 Å². The van der Waals surface area contributed by atoms with Gasteiger partial charge < -0.3 is 15.3 Å². The fraction of sp³-hybridized carbons (Fsp3) is 0.704. The number of rotatable bonds is 5. The summed E-state index contributed by atoms with van der Waals surface area (Å²) >= 11 is 0. The fourth-order valence-electron chi connectivity index (χ4n) is 6.63. The van der Waals surface area contributed by atoms with Gasteiger partial charge in [-0.25, -0.2) is 0 Å². The van der Waals surface area contributed by atoms with Gasteiger partial charge in [0.05, 0.1) is 18.3 Å². The summed E-state index contributed by atoms with van der Waals surface area (Å²) in [5.74, 6) is 2.28. The lowest BCUT2D eigenvalue weighted by atomic mass is 9.61. The van der Waals surface area contributed by atoms with E-state index in [9.17, 15) is 15.3 Å². The Balaban J connectivity index is 1.48. The molecule has 3 heteroatoms. The molecule has 7 atom stereocenters. The third-order valence-corrected chi connectivity index (χ3v) is 8.65. The van der Waals surface area contributed by atoms with E-state index in [-0.39, 0.29) is 6.10 Å². The first-order valence-corrected chi connectivity index (χ1v) is 12.1. The second-order valence-electron chi connectivity index (χ2n) is 10.7. The third-order valence-electron chi connectivity index (χ3n) is 8.65. The van der Waals surface area contributed by atoms with Crippen molar-refractivity contribution in [1.29, 1.82) is 0 Å². The van der Waals surface area contributed by atoms with E-state index < -0.39 is 12.2 Å². The highest BCUT2D eigenvalue weighted by Gasteiger charge is 2.50. The highest BCUT2D eigenvalue weighted by atomic mass is 16.3. The number of aliphatic hydroxyl groups is 3. The summed E-state index contributed by atoms with van der Waals surface area (Å²) in [6.45, 7) is 8.88. The molecule has 0 unspecified atom stereocenters. The second kappa shape index (κ2) is 8.76. The van der Waals surface area contributed by atoms with Crippen LogP contribution in [0.5, 0.6) is 0 Å². The molecule has 3 nitrogen and oxygen atoms in total. The maximum absolute atomic E-state index is 10.2. The molecule has 166 valence electrons. The Bertz CT molecular complexity index is 743. The summed E-state index contributed by atoms with van der Waals surface area (Å²) in [6.07, 6.45) is 16.9. The van der Waals surface area contributed by atoms with Crippen LogP contribution in [0.25, 0.3) is 0 Å². The van der Waals surface area contributed by atoms with E-state index >= 15 is 0 Å². The molecule has 4 aliphatic carbocycles. The Morgan fingerprint density at radius 3 is 2.60 bits per heavy atom. The molecule has 0 heterocycles. The van der Waals surface area contributed by atoms with Crippen LogP contribution in [0.15, 0.2) is 47.6 Å². The molecule has 4 aliphatic rings. The summed E-state index contributed by atoms with van der Waals surface area (Å²) in [6, 6.07) is 0. The van der Waals surface area contributed by atoms with Crippen LogP contribution in [0.4, 0.5) is 0 Å². The maximum atomic E-state index is 10.2. The van der Waals surface area contributed by atoms with Crippen molar-refractivity contribution in [2.24, 2.45) is 29.1 Å². The molecule has 0 aromatic heterocycles. The Kier molecular flexibility index (Phi) is 6.44. The van der Waals surface area contributed by atoms with E-state index in [1.807, 2.05) is 0 Å². The van der Waals surface area contributed by atoms with Crippen molar-refractivity contribution < 1.29 is 15.3 Å². The predicted octanol–water partition coefficient (Wildman–Crippen LogP) is 5.09. The van der Waals surface area contributed by atoms with E-state index in [1.165, 1.54) is 44.1 Å². The van der Waals surface area contributed by atoms with E-state index in [1.54, 1.807) is 0 Å². The molecule has 0 radical (unpaired) electrons. The van der Waals surface area contributed by atoms with Crippen molar-refractivity contribution in [2.75, 3.05) is 0 Å². The number of allylic oxidation sites excluding steroid dienone is 4. The molecule has 0 saturated heterocycles. The summed E-state index contributed by atoms with van der Waals surface area (Å²) < 4.78 is 0. The standard InChI is InChI=1S/C27H40O3/c1-17(6-13-25(29)20-8-9-20)23-11-12-24-19(5-4-14-27(23,24)3)7-10-21-15-22(28)16-26(30)18(21)2/h6-7,10,13,17,20,22-26,28-30H,2,4-5,8-9,11-12,14-16H2,1,3H3/b13-6+,19-7?,21-10?/t17-,22-,23-,24+,25+,26+,27-/m1/s1. The molecule has 4 fully saturated rings. The number of hydrogen-bond acceptors (Lipinski definition) is 3. The Hall–Kier alpha value is -1.16. The molecular weight excluding hydrogens is 372 g/mol. The van der Waals surface area contributed by atoms with E-state index in [2.05, 4.69) is 44.7 Å². The van der Waals surface area contributed by atoms with Crippen LogP contribution < -0.4 is 0 Å². The maximum Gasteiger partial charge on any atom is 0.0811 e. The summed E-state index contributed by atoms with van der Waals surface area (Å²) in [7, 11) is 0. The zero-order chi connectivity index (χ0) is 21.5. The average molecular weight is 413 g/mol. The van der Waals surface area contributed by atoms with E-state index in [4.69, 9.17) is 0 Å². The minimum absolute atomic E-state index is 0.250. The van der Waals surface area contributed by atoms with Crippen LogP contribution in [-0.2, 0) is 0 Å². The Labute approximate surface area is 182 Å². The van der Waals surface area contributed by atoms with Gasteiger partial charge >= 0.3 is 0 Å². The van der Waals surface area contributed by atoms with Gasteiger partial charge in [-0.2, -0.15) is 0 Å². The van der Waals surface area contributed by atoms with Crippen molar-refractivity contribution in [3.8, 4) is 0 Å². The lowest BCUT2D eigenvalue weighted by Gasteiger charge is -2.44. The van der Waals surface area contributed by atoms with E-state index in [0.717, 1.165) is 17.6 Å². The molecule has 3 N–H and O–H groups in total. The molecule has 0 aromatic rings. The van der Waals surface area contributed by atoms with Crippen molar-refractivity contribution in [3.05, 3.63) is 47.6 Å². The minimum Gasteiger partial charge on any atom is -0.393 e. The Morgan fingerprint density at radius 2 is 1.87 bits per heavy atom. The summed E-state index contributed by atoms with van der Waals surface area (Å²) in [5, 5.41) is 30.4. The number of aliphatic hydroxyl groups excluding tert-OH is 3.